The molecule has 0 saturated carbocycles. The molecule has 0 aliphatic carbocycles. The van der Waals surface area contributed by atoms with E-state index in [1.807, 2.05) is 48.5 Å². The minimum Gasteiger partial charge on any atom is -0.496 e. The van der Waals surface area contributed by atoms with Crippen LogP contribution in [0.2, 0.25) is 5.02 Å². The molecular weight excluding hydrogens is 442 g/mol. The Bertz CT molecular complexity index is 1340. The van der Waals surface area contributed by atoms with Gasteiger partial charge in [-0.1, -0.05) is 47.1 Å². The normalized spacial score (nSPS) is 15.5. The Morgan fingerprint density at radius 1 is 1.09 bits per heavy atom. The van der Waals surface area contributed by atoms with Crippen LogP contribution in [0.25, 0.3) is 11.3 Å². The maximum absolute atomic E-state index is 13.6. The fourth-order valence-electron chi connectivity index (χ4n) is 3.99. The Balaban J connectivity index is 1.55. The molecule has 1 atom stereocenters. The first-order valence-corrected chi connectivity index (χ1v) is 10.7. The van der Waals surface area contributed by atoms with Crippen LogP contribution in [-0.2, 0) is 0 Å². The molecule has 2 aromatic carbocycles. The molecule has 1 aliphatic heterocycles. The van der Waals surface area contributed by atoms with Gasteiger partial charge in [-0.2, -0.15) is 5.10 Å². The number of carbonyl (C=O) groups excluding carboxylic acids is 1. The summed E-state index contributed by atoms with van der Waals surface area (Å²) in [5.74, 6) is 0.997. The second kappa shape index (κ2) is 8.60. The zero-order valence-corrected chi connectivity index (χ0v) is 18.7. The molecule has 0 N–H and O–H groups in total. The summed E-state index contributed by atoms with van der Waals surface area (Å²) in [5.41, 5.74) is 3.34. The van der Waals surface area contributed by atoms with E-state index in [9.17, 15) is 4.79 Å². The molecule has 33 heavy (non-hydrogen) atoms. The van der Waals surface area contributed by atoms with E-state index in [-0.39, 0.29) is 5.76 Å². The maximum atomic E-state index is 13.6. The molecule has 0 radical (unpaired) electrons. The van der Waals surface area contributed by atoms with Crippen LogP contribution < -0.4 is 4.74 Å². The van der Waals surface area contributed by atoms with Crippen LogP contribution in [-0.4, -0.2) is 28.9 Å². The van der Waals surface area contributed by atoms with Crippen LogP contribution in [0.4, 0.5) is 0 Å². The number of furan rings is 1. The van der Waals surface area contributed by atoms with Crippen LogP contribution >= 0.6 is 11.6 Å². The summed E-state index contributed by atoms with van der Waals surface area (Å²) in [6.07, 6.45) is 2.04. The molecule has 7 nitrogen and oxygen atoms in total. The highest BCUT2D eigenvalue weighted by Gasteiger charge is 2.38. The first kappa shape index (κ1) is 21.0. The third-order valence-electron chi connectivity index (χ3n) is 5.66. The van der Waals surface area contributed by atoms with Crippen LogP contribution in [0.3, 0.4) is 0 Å². The minimum absolute atomic E-state index is 0.103. The van der Waals surface area contributed by atoms with Crippen molar-refractivity contribution < 1.29 is 18.5 Å². The van der Waals surface area contributed by atoms with E-state index in [4.69, 9.17) is 25.3 Å². The lowest BCUT2D eigenvalue weighted by Gasteiger charge is -2.18. The molecule has 0 fully saturated rings. The quantitative estimate of drug-likeness (QED) is 0.369. The number of hydrogen-bond acceptors (Lipinski definition) is 6. The van der Waals surface area contributed by atoms with Crippen molar-refractivity contribution in [1.29, 1.82) is 0 Å². The number of hydrazone groups is 1. The zero-order chi connectivity index (χ0) is 22.9. The van der Waals surface area contributed by atoms with Crippen LogP contribution in [0, 0.1) is 6.92 Å². The van der Waals surface area contributed by atoms with Gasteiger partial charge in [-0.15, -0.1) is 0 Å². The Kier molecular flexibility index (Phi) is 5.48. The molecule has 0 saturated heterocycles. The molecule has 1 amide bonds. The number of rotatable bonds is 5. The van der Waals surface area contributed by atoms with Crippen molar-refractivity contribution in [2.24, 2.45) is 5.10 Å². The number of aromatic nitrogens is 1. The van der Waals surface area contributed by atoms with Crippen LogP contribution in [0.5, 0.6) is 5.75 Å². The molecule has 166 valence electrons. The fraction of sp³-hybridized carbons (Fsp3) is 0.160. The number of hydrogen-bond donors (Lipinski definition) is 0. The lowest BCUT2D eigenvalue weighted by atomic mass is 10.0. The topological polar surface area (TPSA) is 81.1 Å². The first-order chi connectivity index (χ1) is 16.1. The third-order valence-corrected chi connectivity index (χ3v) is 5.98. The van der Waals surface area contributed by atoms with Gasteiger partial charge in [-0.3, -0.25) is 4.79 Å². The van der Waals surface area contributed by atoms with Gasteiger partial charge in [0, 0.05) is 23.1 Å². The number of ether oxygens (including phenoxy) is 1. The van der Waals surface area contributed by atoms with Gasteiger partial charge in [0.25, 0.3) is 0 Å². The number of amides is 1. The van der Waals surface area contributed by atoms with Gasteiger partial charge in [0.15, 0.2) is 0 Å². The Hall–Kier alpha value is -3.84. The third kappa shape index (κ3) is 3.70. The summed E-state index contributed by atoms with van der Waals surface area (Å²) in [4.78, 5) is 13.6. The number of benzene rings is 2. The van der Waals surface area contributed by atoms with Crippen molar-refractivity contribution in [3.8, 4) is 17.0 Å². The van der Waals surface area contributed by atoms with E-state index < -0.39 is 11.9 Å². The number of para-hydroxylation sites is 1. The second-order valence-electron chi connectivity index (χ2n) is 7.60. The molecule has 5 rings (SSSR count). The largest absolute Gasteiger partial charge is 0.496 e. The molecule has 8 heteroatoms. The van der Waals surface area contributed by atoms with Gasteiger partial charge in [0.2, 0.25) is 5.76 Å². The Morgan fingerprint density at radius 3 is 2.58 bits per heavy atom. The number of carbonyl (C=O) groups is 1. The number of halogens is 1. The summed E-state index contributed by atoms with van der Waals surface area (Å²) < 4.78 is 16.6. The van der Waals surface area contributed by atoms with Crippen molar-refractivity contribution in [2.75, 3.05) is 7.11 Å². The molecule has 4 aromatic rings. The molecular formula is C25H20ClN3O4. The van der Waals surface area contributed by atoms with Crippen molar-refractivity contribution >= 4 is 23.2 Å². The van der Waals surface area contributed by atoms with Crippen molar-refractivity contribution in [2.45, 2.75) is 19.4 Å². The van der Waals surface area contributed by atoms with E-state index in [1.165, 1.54) is 5.01 Å². The van der Waals surface area contributed by atoms with Gasteiger partial charge >= 0.3 is 5.91 Å². The zero-order valence-electron chi connectivity index (χ0n) is 18.0. The predicted octanol–water partition coefficient (Wildman–Crippen LogP) is 5.90. The Labute approximate surface area is 195 Å². The predicted molar refractivity (Wildman–Crippen MR) is 123 cm³/mol. The molecule has 3 heterocycles. The minimum atomic E-state index is -0.430. The van der Waals surface area contributed by atoms with Gasteiger partial charge in [0.05, 0.1) is 24.1 Å². The van der Waals surface area contributed by atoms with Gasteiger partial charge in [-0.25, -0.2) is 5.01 Å². The molecule has 0 spiro atoms. The summed E-state index contributed by atoms with van der Waals surface area (Å²) in [7, 11) is 1.61. The van der Waals surface area contributed by atoms with Crippen LogP contribution in [0.15, 0.2) is 81.0 Å². The summed E-state index contributed by atoms with van der Waals surface area (Å²) in [5, 5.41) is 10.7. The lowest BCUT2D eigenvalue weighted by molar-refractivity contribution is 0.0649. The van der Waals surface area contributed by atoms with E-state index in [2.05, 4.69) is 10.3 Å². The van der Waals surface area contributed by atoms with Gasteiger partial charge < -0.3 is 13.7 Å². The second-order valence-corrected chi connectivity index (χ2v) is 8.00. The fourth-order valence-corrected chi connectivity index (χ4v) is 4.21. The molecule has 1 aliphatic rings. The smallest absolute Gasteiger partial charge is 0.313 e. The number of nitrogens with zero attached hydrogens (tertiary/aromatic N) is 3. The molecule has 2 aromatic heterocycles. The van der Waals surface area contributed by atoms with Crippen molar-refractivity contribution in [3.05, 3.63) is 94.6 Å². The highest BCUT2D eigenvalue weighted by molar-refractivity contribution is 6.33. The van der Waals surface area contributed by atoms with Crippen molar-refractivity contribution in [1.82, 2.24) is 10.2 Å². The van der Waals surface area contributed by atoms with Gasteiger partial charge in [0.1, 0.15) is 23.2 Å². The maximum Gasteiger partial charge on any atom is 0.313 e. The monoisotopic (exact) mass is 461 g/mol. The lowest BCUT2D eigenvalue weighted by Crippen LogP contribution is -2.27. The molecule has 0 unspecified atom stereocenters. The van der Waals surface area contributed by atoms with E-state index in [1.54, 1.807) is 32.4 Å². The SMILES string of the molecule is COc1ccccc1C1=NN(C(=O)c2onc(-c3ccccc3Cl)c2C)[C@@H](c2ccco2)C1. The van der Waals surface area contributed by atoms with Gasteiger partial charge in [-0.05, 0) is 37.3 Å². The highest BCUT2D eigenvalue weighted by Crippen LogP contribution is 2.37. The number of methoxy groups -OCH3 is 1. The van der Waals surface area contributed by atoms with E-state index >= 15 is 0 Å². The summed E-state index contributed by atoms with van der Waals surface area (Å²) in [6.45, 7) is 1.78. The van der Waals surface area contributed by atoms with Crippen molar-refractivity contribution in [3.63, 3.8) is 0 Å². The molecule has 0 bridgehead atoms. The highest BCUT2D eigenvalue weighted by atomic mass is 35.5. The summed E-state index contributed by atoms with van der Waals surface area (Å²) in [6, 6.07) is 18.0. The summed E-state index contributed by atoms with van der Waals surface area (Å²) >= 11 is 6.33. The first-order valence-electron chi connectivity index (χ1n) is 10.4. The Morgan fingerprint density at radius 2 is 1.85 bits per heavy atom. The van der Waals surface area contributed by atoms with Crippen LogP contribution in [0.1, 0.15) is 39.9 Å². The average Bonchev–Trinajstić information content (AvgIpc) is 3.59. The average molecular weight is 462 g/mol. The standard InChI is InChI=1S/C25H20ClN3O4/c1-15-23(16-8-3-5-10-18(16)26)28-33-24(15)25(30)29-20(22-12-7-13-32-22)14-19(27-29)17-9-4-6-11-21(17)31-2/h3-13,20H,14H2,1-2H3/t20-/m1/s1. The van der Waals surface area contributed by atoms with E-state index in [0.29, 0.717) is 45.5 Å². The van der Waals surface area contributed by atoms with E-state index in [0.717, 1.165) is 5.56 Å².